The largest absolute Gasteiger partial charge is 0.487 e. The van der Waals surface area contributed by atoms with Crippen molar-refractivity contribution in [3.05, 3.63) is 30.5 Å². The molecular weight excluding hydrogens is 236 g/mol. The summed E-state index contributed by atoms with van der Waals surface area (Å²) in [6, 6.07) is 8.00. The number of hydrogen-bond acceptors (Lipinski definition) is 3. The molecule has 100 valence electrons. The molecule has 1 fully saturated rings. The number of anilines is 1. The Labute approximate surface area is 113 Å². The lowest BCUT2D eigenvalue weighted by molar-refractivity contribution is 0.131. The van der Waals surface area contributed by atoms with Crippen LogP contribution in [0.25, 0.3) is 10.9 Å². The van der Waals surface area contributed by atoms with E-state index in [1.807, 2.05) is 24.3 Å². The maximum absolute atomic E-state index is 6.20. The summed E-state index contributed by atoms with van der Waals surface area (Å²) >= 11 is 0. The highest BCUT2D eigenvalue weighted by atomic mass is 16.5. The van der Waals surface area contributed by atoms with E-state index in [0.717, 1.165) is 35.4 Å². The summed E-state index contributed by atoms with van der Waals surface area (Å²) in [6.07, 6.45) is 6.79. The molecule has 2 unspecified atom stereocenters. The Morgan fingerprint density at radius 3 is 2.95 bits per heavy atom. The lowest BCUT2D eigenvalue weighted by Crippen LogP contribution is -2.24. The molecule has 0 saturated heterocycles. The molecule has 0 radical (unpaired) electrons. The fourth-order valence-electron chi connectivity index (χ4n) is 2.92. The predicted octanol–water partition coefficient (Wildman–Crippen LogP) is 3.77. The zero-order chi connectivity index (χ0) is 13.2. The first kappa shape index (κ1) is 12.3. The first-order valence-corrected chi connectivity index (χ1v) is 7.04. The van der Waals surface area contributed by atoms with Gasteiger partial charge in [0.05, 0.1) is 23.5 Å². The molecule has 2 atom stereocenters. The van der Waals surface area contributed by atoms with Crippen molar-refractivity contribution in [2.75, 3.05) is 5.73 Å². The average Bonchev–Trinajstić information content (AvgIpc) is 2.42. The fraction of sp³-hybridized carbons (Fsp3) is 0.438. The Morgan fingerprint density at radius 2 is 2.11 bits per heavy atom. The third-order valence-electron chi connectivity index (χ3n) is 3.93. The van der Waals surface area contributed by atoms with Gasteiger partial charge in [-0.15, -0.1) is 0 Å². The van der Waals surface area contributed by atoms with Crippen molar-refractivity contribution in [2.45, 2.75) is 38.7 Å². The minimum Gasteiger partial charge on any atom is -0.487 e. The number of nitrogen functional groups attached to an aromatic ring is 1. The van der Waals surface area contributed by atoms with E-state index in [1.165, 1.54) is 12.8 Å². The van der Waals surface area contributed by atoms with Gasteiger partial charge < -0.3 is 10.5 Å². The molecule has 1 heterocycles. The Hall–Kier alpha value is -1.77. The molecular formula is C16H20N2O. The van der Waals surface area contributed by atoms with Crippen LogP contribution in [0, 0.1) is 5.92 Å². The van der Waals surface area contributed by atoms with E-state index in [1.54, 1.807) is 6.20 Å². The molecule has 2 aromatic rings. The number of hydrogen-bond donors (Lipinski definition) is 1. The van der Waals surface area contributed by atoms with Gasteiger partial charge in [0, 0.05) is 5.39 Å². The zero-order valence-electron chi connectivity index (χ0n) is 11.3. The molecule has 1 aliphatic carbocycles. The van der Waals surface area contributed by atoms with Gasteiger partial charge >= 0.3 is 0 Å². The topological polar surface area (TPSA) is 48.1 Å². The van der Waals surface area contributed by atoms with Crippen LogP contribution in [0.3, 0.4) is 0 Å². The highest BCUT2D eigenvalue weighted by Gasteiger charge is 2.21. The summed E-state index contributed by atoms with van der Waals surface area (Å²) in [6.45, 7) is 2.30. The van der Waals surface area contributed by atoms with Crippen LogP contribution < -0.4 is 10.5 Å². The molecule has 0 spiro atoms. The summed E-state index contributed by atoms with van der Waals surface area (Å²) in [5.74, 6) is 1.55. The van der Waals surface area contributed by atoms with Gasteiger partial charge in [-0.3, -0.25) is 4.98 Å². The second-order valence-corrected chi connectivity index (χ2v) is 5.57. The summed E-state index contributed by atoms with van der Waals surface area (Å²) in [5.41, 5.74) is 7.63. The van der Waals surface area contributed by atoms with Crippen molar-refractivity contribution < 1.29 is 4.74 Å². The lowest BCUT2D eigenvalue weighted by Gasteiger charge is -2.28. The van der Waals surface area contributed by atoms with Crippen molar-refractivity contribution in [1.82, 2.24) is 4.98 Å². The van der Waals surface area contributed by atoms with Crippen LogP contribution in [0.5, 0.6) is 5.75 Å². The molecule has 0 bridgehead atoms. The van der Waals surface area contributed by atoms with Gasteiger partial charge in [0.15, 0.2) is 5.75 Å². The second kappa shape index (κ2) is 5.08. The molecule has 1 aromatic carbocycles. The molecule has 3 heteroatoms. The summed E-state index contributed by atoms with van der Waals surface area (Å²) < 4.78 is 6.20. The number of fused-ring (bicyclic) bond motifs is 1. The van der Waals surface area contributed by atoms with Crippen LogP contribution >= 0.6 is 0 Å². The van der Waals surface area contributed by atoms with Gasteiger partial charge in [0.25, 0.3) is 0 Å². The van der Waals surface area contributed by atoms with E-state index in [9.17, 15) is 0 Å². The van der Waals surface area contributed by atoms with Gasteiger partial charge in [0.1, 0.15) is 0 Å². The standard InChI is InChI=1S/C16H20N2O/c1-11-5-4-6-12(9-11)19-16-13-7-2-3-8-15(13)18-10-14(16)17/h2-3,7-8,10-12H,4-6,9,17H2,1H3. The number of rotatable bonds is 2. The van der Waals surface area contributed by atoms with Gasteiger partial charge in [-0.25, -0.2) is 0 Å². The van der Waals surface area contributed by atoms with E-state index in [4.69, 9.17) is 10.5 Å². The van der Waals surface area contributed by atoms with Crippen LogP contribution in [0.2, 0.25) is 0 Å². The molecule has 3 nitrogen and oxygen atoms in total. The summed E-state index contributed by atoms with van der Waals surface area (Å²) in [4.78, 5) is 4.34. The quantitative estimate of drug-likeness (QED) is 0.889. The highest BCUT2D eigenvalue weighted by Crippen LogP contribution is 2.34. The van der Waals surface area contributed by atoms with E-state index in [0.29, 0.717) is 5.69 Å². The molecule has 19 heavy (non-hydrogen) atoms. The molecule has 3 rings (SSSR count). The molecule has 1 aromatic heterocycles. The van der Waals surface area contributed by atoms with Gasteiger partial charge in [-0.05, 0) is 37.3 Å². The van der Waals surface area contributed by atoms with Crippen LogP contribution in [0.15, 0.2) is 30.5 Å². The number of aromatic nitrogens is 1. The van der Waals surface area contributed by atoms with Crippen molar-refractivity contribution >= 4 is 16.6 Å². The Morgan fingerprint density at radius 1 is 1.26 bits per heavy atom. The second-order valence-electron chi connectivity index (χ2n) is 5.57. The highest BCUT2D eigenvalue weighted by molar-refractivity contribution is 5.89. The van der Waals surface area contributed by atoms with E-state index >= 15 is 0 Å². The third-order valence-corrected chi connectivity index (χ3v) is 3.93. The van der Waals surface area contributed by atoms with Crippen molar-refractivity contribution in [3.63, 3.8) is 0 Å². The van der Waals surface area contributed by atoms with Crippen molar-refractivity contribution in [2.24, 2.45) is 5.92 Å². The zero-order valence-corrected chi connectivity index (χ0v) is 11.3. The van der Waals surface area contributed by atoms with Gasteiger partial charge in [0.2, 0.25) is 0 Å². The first-order valence-electron chi connectivity index (χ1n) is 7.04. The van der Waals surface area contributed by atoms with Crippen LogP contribution in [0.4, 0.5) is 5.69 Å². The van der Waals surface area contributed by atoms with E-state index in [-0.39, 0.29) is 6.10 Å². The van der Waals surface area contributed by atoms with Crippen molar-refractivity contribution in [3.8, 4) is 5.75 Å². The Bertz CT molecular complexity index is 582. The molecule has 2 N–H and O–H groups in total. The number of nitrogens with zero attached hydrogens (tertiary/aromatic N) is 1. The minimum absolute atomic E-state index is 0.289. The van der Waals surface area contributed by atoms with Gasteiger partial charge in [-0.2, -0.15) is 0 Å². The Kier molecular flexibility index (Phi) is 3.28. The van der Waals surface area contributed by atoms with Crippen LogP contribution in [-0.4, -0.2) is 11.1 Å². The van der Waals surface area contributed by atoms with Crippen LogP contribution in [0.1, 0.15) is 32.6 Å². The number of benzene rings is 1. The summed E-state index contributed by atoms with van der Waals surface area (Å²) in [7, 11) is 0. The lowest BCUT2D eigenvalue weighted by atomic mass is 9.88. The average molecular weight is 256 g/mol. The SMILES string of the molecule is CC1CCCC(Oc2c(N)cnc3ccccc23)C1. The van der Waals surface area contributed by atoms with Crippen molar-refractivity contribution in [1.29, 1.82) is 0 Å². The van der Waals surface area contributed by atoms with E-state index < -0.39 is 0 Å². The molecule has 1 aliphatic rings. The minimum atomic E-state index is 0.289. The number of ether oxygens (including phenoxy) is 1. The maximum Gasteiger partial charge on any atom is 0.153 e. The van der Waals surface area contributed by atoms with Crippen LogP contribution in [-0.2, 0) is 0 Å². The third kappa shape index (κ3) is 2.50. The van der Waals surface area contributed by atoms with E-state index in [2.05, 4.69) is 11.9 Å². The maximum atomic E-state index is 6.20. The smallest absolute Gasteiger partial charge is 0.153 e. The molecule has 1 saturated carbocycles. The number of pyridine rings is 1. The number of nitrogens with two attached hydrogens (primary N) is 1. The Balaban J connectivity index is 1.93. The number of para-hydroxylation sites is 1. The molecule has 0 amide bonds. The monoisotopic (exact) mass is 256 g/mol. The summed E-state index contributed by atoms with van der Waals surface area (Å²) in [5, 5.41) is 1.01. The van der Waals surface area contributed by atoms with Gasteiger partial charge in [-0.1, -0.05) is 25.5 Å². The predicted molar refractivity (Wildman–Crippen MR) is 78.2 cm³/mol. The first-order chi connectivity index (χ1) is 9.24. The molecule has 0 aliphatic heterocycles. The normalized spacial score (nSPS) is 23.4. The fourth-order valence-corrected chi connectivity index (χ4v) is 2.92.